The molecule has 0 saturated heterocycles. The van der Waals surface area contributed by atoms with Crippen LogP contribution in [-0.4, -0.2) is 31.9 Å². The first kappa shape index (κ1) is 15.3. The fraction of sp³-hybridized carbons (Fsp3) is 0.200. The first-order valence-corrected chi connectivity index (χ1v) is 7.89. The average Bonchev–Trinajstić information content (AvgIpc) is 2.46. The summed E-state index contributed by atoms with van der Waals surface area (Å²) in [6.45, 7) is 0.340. The van der Waals surface area contributed by atoms with Crippen molar-refractivity contribution in [3.8, 4) is 5.75 Å². The van der Waals surface area contributed by atoms with Gasteiger partial charge in [-0.15, -0.1) is 0 Å². The van der Waals surface area contributed by atoms with Crippen molar-refractivity contribution in [2.75, 3.05) is 19.4 Å². The van der Waals surface area contributed by atoms with Gasteiger partial charge in [-0.25, -0.2) is 12.7 Å². The molecule has 0 aliphatic rings. The first-order chi connectivity index (χ1) is 9.93. The number of phenols is 1. The molecule has 2 aromatic rings. The van der Waals surface area contributed by atoms with E-state index in [1.807, 2.05) is 6.07 Å². The fourth-order valence-corrected chi connectivity index (χ4v) is 2.95. The molecule has 0 saturated carbocycles. The first-order valence-electron chi connectivity index (χ1n) is 6.45. The Kier molecular flexibility index (Phi) is 4.50. The zero-order valence-corrected chi connectivity index (χ0v) is 12.8. The van der Waals surface area contributed by atoms with Crippen molar-refractivity contribution in [1.82, 2.24) is 4.31 Å². The van der Waals surface area contributed by atoms with Crippen LogP contribution in [0.2, 0.25) is 0 Å². The standard InChI is InChI=1S/C15H18N2O3S/c1-17(2)21(19,20)15-10-6-4-8-13(15)16-11-12-7-3-5-9-14(12)18/h3-10,16,18H,11H2,1-2H3. The number of para-hydroxylation sites is 2. The molecule has 0 aromatic heterocycles. The lowest BCUT2D eigenvalue weighted by atomic mass is 10.2. The van der Waals surface area contributed by atoms with Gasteiger partial charge in [0.25, 0.3) is 0 Å². The topological polar surface area (TPSA) is 69.6 Å². The Hall–Kier alpha value is -2.05. The lowest BCUT2D eigenvalue weighted by Crippen LogP contribution is -2.23. The highest BCUT2D eigenvalue weighted by molar-refractivity contribution is 7.89. The summed E-state index contributed by atoms with van der Waals surface area (Å²) in [5.74, 6) is 0.179. The fourth-order valence-electron chi connectivity index (χ4n) is 1.89. The van der Waals surface area contributed by atoms with Crippen molar-refractivity contribution < 1.29 is 13.5 Å². The smallest absolute Gasteiger partial charge is 0.244 e. The predicted octanol–water partition coefficient (Wildman–Crippen LogP) is 2.25. The molecule has 0 radical (unpaired) electrons. The highest BCUT2D eigenvalue weighted by Crippen LogP contribution is 2.25. The molecule has 0 bridgehead atoms. The molecule has 0 aliphatic carbocycles. The van der Waals surface area contributed by atoms with E-state index < -0.39 is 10.0 Å². The van der Waals surface area contributed by atoms with Gasteiger partial charge in [0.1, 0.15) is 10.6 Å². The van der Waals surface area contributed by atoms with Crippen LogP contribution in [0.4, 0.5) is 5.69 Å². The Morgan fingerprint density at radius 1 is 1.05 bits per heavy atom. The van der Waals surface area contributed by atoms with E-state index in [4.69, 9.17) is 0 Å². The van der Waals surface area contributed by atoms with E-state index in [2.05, 4.69) is 5.32 Å². The third-order valence-corrected chi connectivity index (χ3v) is 4.98. The van der Waals surface area contributed by atoms with E-state index >= 15 is 0 Å². The van der Waals surface area contributed by atoms with E-state index in [0.29, 0.717) is 17.8 Å². The minimum Gasteiger partial charge on any atom is -0.508 e. The number of nitrogens with zero attached hydrogens (tertiary/aromatic N) is 1. The number of anilines is 1. The zero-order chi connectivity index (χ0) is 15.5. The van der Waals surface area contributed by atoms with Crippen molar-refractivity contribution in [3.63, 3.8) is 0 Å². The number of hydrogen-bond acceptors (Lipinski definition) is 4. The van der Waals surface area contributed by atoms with Gasteiger partial charge < -0.3 is 10.4 Å². The highest BCUT2D eigenvalue weighted by Gasteiger charge is 2.20. The second-order valence-electron chi connectivity index (χ2n) is 4.77. The lowest BCUT2D eigenvalue weighted by Gasteiger charge is -2.16. The SMILES string of the molecule is CN(C)S(=O)(=O)c1ccccc1NCc1ccccc1O. The van der Waals surface area contributed by atoms with Crippen LogP contribution < -0.4 is 5.32 Å². The number of rotatable bonds is 5. The van der Waals surface area contributed by atoms with Crippen molar-refractivity contribution in [2.24, 2.45) is 0 Å². The number of phenolic OH excluding ortho intramolecular Hbond substituents is 1. The van der Waals surface area contributed by atoms with Gasteiger partial charge in [0.05, 0.1) is 5.69 Å². The van der Waals surface area contributed by atoms with Crippen LogP contribution in [-0.2, 0) is 16.6 Å². The van der Waals surface area contributed by atoms with E-state index in [-0.39, 0.29) is 10.6 Å². The Labute approximate surface area is 124 Å². The van der Waals surface area contributed by atoms with E-state index in [9.17, 15) is 13.5 Å². The summed E-state index contributed by atoms with van der Waals surface area (Å²) in [5.41, 5.74) is 1.21. The largest absolute Gasteiger partial charge is 0.508 e. The van der Waals surface area contributed by atoms with Gasteiger partial charge in [0, 0.05) is 26.2 Å². The van der Waals surface area contributed by atoms with Crippen molar-refractivity contribution in [1.29, 1.82) is 0 Å². The van der Waals surface area contributed by atoms with Crippen LogP contribution >= 0.6 is 0 Å². The van der Waals surface area contributed by atoms with Gasteiger partial charge in [0.15, 0.2) is 0 Å². The van der Waals surface area contributed by atoms with Crippen LogP contribution in [0.25, 0.3) is 0 Å². The Morgan fingerprint density at radius 2 is 1.67 bits per heavy atom. The molecule has 2 rings (SSSR count). The van der Waals surface area contributed by atoms with Crippen LogP contribution in [0.15, 0.2) is 53.4 Å². The highest BCUT2D eigenvalue weighted by atomic mass is 32.2. The van der Waals surface area contributed by atoms with E-state index in [0.717, 1.165) is 0 Å². The van der Waals surface area contributed by atoms with Crippen molar-refractivity contribution in [2.45, 2.75) is 11.4 Å². The van der Waals surface area contributed by atoms with Crippen molar-refractivity contribution in [3.05, 3.63) is 54.1 Å². The molecule has 5 nitrogen and oxygen atoms in total. The van der Waals surface area contributed by atoms with Crippen LogP contribution in [0.5, 0.6) is 5.75 Å². The molecule has 0 unspecified atom stereocenters. The molecule has 2 aromatic carbocycles. The Bertz CT molecular complexity index is 727. The Balaban J connectivity index is 2.28. The van der Waals surface area contributed by atoms with E-state index in [1.54, 1.807) is 42.5 Å². The predicted molar refractivity (Wildman–Crippen MR) is 82.7 cm³/mol. The van der Waals surface area contributed by atoms with Crippen molar-refractivity contribution >= 4 is 15.7 Å². The molecule has 0 heterocycles. The number of nitrogens with one attached hydrogen (secondary N) is 1. The second-order valence-corrected chi connectivity index (χ2v) is 6.89. The summed E-state index contributed by atoms with van der Waals surface area (Å²) in [7, 11) is -0.523. The quantitative estimate of drug-likeness (QED) is 0.889. The molecule has 0 fully saturated rings. The third kappa shape index (κ3) is 3.34. The summed E-state index contributed by atoms with van der Waals surface area (Å²) in [5, 5.41) is 12.8. The molecular weight excluding hydrogens is 288 g/mol. The number of aromatic hydroxyl groups is 1. The van der Waals surface area contributed by atoms with Gasteiger partial charge in [-0.3, -0.25) is 0 Å². The molecule has 0 aliphatic heterocycles. The summed E-state index contributed by atoms with van der Waals surface area (Å²) < 4.78 is 25.7. The molecule has 0 spiro atoms. The maximum atomic E-state index is 12.3. The Morgan fingerprint density at radius 3 is 2.33 bits per heavy atom. The number of sulfonamides is 1. The van der Waals surface area contributed by atoms with Crippen LogP contribution in [0.1, 0.15) is 5.56 Å². The molecule has 2 N–H and O–H groups in total. The monoisotopic (exact) mass is 306 g/mol. The van der Waals surface area contributed by atoms with Gasteiger partial charge in [-0.05, 0) is 18.2 Å². The average molecular weight is 306 g/mol. The molecule has 0 atom stereocenters. The lowest BCUT2D eigenvalue weighted by molar-refractivity contribution is 0.469. The minimum atomic E-state index is -3.51. The second kappa shape index (κ2) is 6.15. The summed E-state index contributed by atoms with van der Waals surface area (Å²) >= 11 is 0. The maximum Gasteiger partial charge on any atom is 0.244 e. The van der Waals surface area contributed by atoms with Gasteiger partial charge in [-0.1, -0.05) is 30.3 Å². The maximum absolute atomic E-state index is 12.3. The summed E-state index contributed by atoms with van der Waals surface area (Å²) in [4.78, 5) is 0.213. The summed E-state index contributed by atoms with van der Waals surface area (Å²) in [6.07, 6.45) is 0. The van der Waals surface area contributed by atoms with Gasteiger partial charge in [-0.2, -0.15) is 0 Å². The number of benzene rings is 2. The minimum absolute atomic E-state index is 0.179. The van der Waals surface area contributed by atoms with Gasteiger partial charge >= 0.3 is 0 Å². The number of hydrogen-bond donors (Lipinski definition) is 2. The van der Waals surface area contributed by atoms with Crippen LogP contribution in [0, 0.1) is 0 Å². The third-order valence-electron chi connectivity index (χ3n) is 3.11. The molecule has 112 valence electrons. The molecule has 21 heavy (non-hydrogen) atoms. The molecule has 6 heteroatoms. The zero-order valence-electron chi connectivity index (χ0n) is 11.9. The molecular formula is C15H18N2O3S. The summed E-state index contributed by atoms with van der Waals surface area (Å²) in [6, 6.07) is 13.6. The normalized spacial score (nSPS) is 11.6. The molecule has 0 amide bonds. The van der Waals surface area contributed by atoms with Gasteiger partial charge in [0.2, 0.25) is 10.0 Å². The van der Waals surface area contributed by atoms with Crippen LogP contribution in [0.3, 0.4) is 0 Å². The van der Waals surface area contributed by atoms with E-state index in [1.165, 1.54) is 18.4 Å².